The van der Waals surface area contributed by atoms with E-state index in [2.05, 4.69) is 66.0 Å². The number of allylic oxidation sites excluding steroid dienone is 8. The summed E-state index contributed by atoms with van der Waals surface area (Å²) < 4.78 is 6.92. The van der Waals surface area contributed by atoms with Gasteiger partial charge in [-0.25, -0.2) is 0 Å². The van der Waals surface area contributed by atoms with Gasteiger partial charge in [0.05, 0.1) is 10.8 Å². The van der Waals surface area contributed by atoms with Crippen molar-refractivity contribution in [1.82, 2.24) is 0 Å². The van der Waals surface area contributed by atoms with E-state index in [4.69, 9.17) is 4.74 Å². The van der Waals surface area contributed by atoms with Crippen molar-refractivity contribution in [3.8, 4) is 0 Å². The molecule has 50 heavy (non-hydrogen) atoms. The fraction of sp³-hybridized carbons (Fsp3) is 0.565. The van der Waals surface area contributed by atoms with Crippen LogP contribution in [0.25, 0.3) is 6.08 Å². The Hall–Kier alpha value is -3.49. The van der Waals surface area contributed by atoms with Crippen LogP contribution in [0.4, 0.5) is 0 Å². The number of rotatable bonds is 10. The third-order valence-electron chi connectivity index (χ3n) is 10.9. The molecule has 0 aromatic heterocycles. The van der Waals surface area contributed by atoms with E-state index in [1.165, 1.54) is 11.1 Å². The Morgan fingerprint density at radius 2 is 1.50 bits per heavy atom. The standard InChI is InChI=1S/C42H54O4.2C2H6/c1-12-14-31-23-32(19-18-30(31)13-2)36(43)35-37(44)42(22-21-28(7)8)29(9)33(17-15-26(3)4)24-41(39(42)45)25-34(20-16-27(5)6)40(10,11)46-38(35)41;2*1-2/h14-16,18-19,21,23,29,33-34H,1,13,17,20,22,24-25H2,2-11H3;2*1-2H3/t29?,33-,34+,41+,42?;;/m1../s1. The molecule has 4 rings (SSSR count). The zero-order chi connectivity index (χ0) is 38.2. The van der Waals surface area contributed by atoms with Gasteiger partial charge in [-0.3, -0.25) is 14.4 Å². The molecule has 1 aromatic carbocycles. The molecule has 0 N–H and O–H groups in total. The van der Waals surface area contributed by atoms with Crippen molar-refractivity contribution in [3.63, 3.8) is 0 Å². The quantitative estimate of drug-likeness (QED) is 0.0810. The van der Waals surface area contributed by atoms with Gasteiger partial charge in [-0.15, -0.1) is 5.73 Å². The zero-order valence-electron chi connectivity index (χ0n) is 33.9. The molecule has 5 atom stereocenters. The number of aryl methyl sites for hydroxylation is 1. The first-order chi connectivity index (χ1) is 23.5. The molecule has 4 nitrogen and oxygen atoms in total. The predicted molar refractivity (Wildman–Crippen MR) is 211 cm³/mol. The molecule has 1 heterocycles. The highest BCUT2D eigenvalue weighted by Gasteiger charge is 2.71. The van der Waals surface area contributed by atoms with Gasteiger partial charge < -0.3 is 4.74 Å². The third-order valence-corrected chi connectivity index (χ3v) is 10.9. The van der Waals surface area contributed by atoms with Gasteiger partial charge >= 0.3 is 0 Å². The van der Waals surface area contributed by atoms with E-state index in [0.29, 0.717) is 24.2 Å². The predicted octanol–water partition coefficient (Wildman–Crippen LogP) is 12.2. The van der Waals surface area contributed by atoms with Gasteiger partial charge in [0, 0.05) is 11.5 Å². The summed E-state index contributed by atoms with van der Waals surface area (Å²) in [6.07, 6.45) is 12.0. The van der Waals surface area contributed by atoms with Crippen LogP contribution < -0.4 is 0 Å². The SMILES string of the molecule is C=C=Cc1cc(C(=O)C2=C3OC(C)(C)[C@@H](CC=C(C)C)C[C@@]34C[C@@H](CC=C(C)C)C(C)C(CC=C(C)C)(C2=O)C4=O)ccc1CC.CC.CC. The minimum absolute atomic E-state index is 0.0338. The lowest BCUT2D eigenvalue weighted by Gasteiger charge is -2.60. The van der Waals surface area contributed by atoms with E-state index in [9.17, 15) is 4.79 Å². The van der Waals surface area contributed by atoms with Crippen molar-refractivity contribution in [2.24, 2.45) is 28.6 Å². The van der Waals surface area contributed by atoms with Crippen LogP contribution in [-0.2, 0) is 20.7 Å². The topological polar surface area (TPSA) is 60.4 Å². The second kappa shape index (κ2) is 17.6. The molecule has 0 radical (unpaired) electrons. The zero-order valence-corrected chi connectivity index (χ0v) is 33.9. The van der Waals surface area contributed by atoms with Gasteiger partial charge in [0.1, 0.15) is 16.9 Å². The minimum Gasteiger partial charge on any atom is -0.490 e. The molecular formula is C46H66O4. The summed E-state index contributed by atoms with van der Waals surface area (Å²) in [5, 5.41) is 0. The van der Waals surface area contributed by atoms with Crippen LogP contribution in [0.1, 0.15) is 151 Å². The number of carbonyl (C=O) groups excluding carboxylic acids is 3. The monoisotopic (exact) mass is 682 g/mol. The van der Waals surface area contributed by atoms with Gasteiger partial charge in [-0.2, -0.15) is 0 Å². The Balaban J connectivity index is 0.00000209. The smallest absolute Gasteiger partial charge is 0.200 e. The highest BCUT2D eigenvalue weighted by Crippen LogP contribution is 2.65. The normalized spacial score (nSPS) is 25.9. The second-order valence-corrected chi connectivity index (χ2v) is 15.2. The van der Waals surface area contributed by atoms with Gasteiger partial charge in [-0.1, -0.05) is 95.2 Å². The number of Topliss-reactive ketones (excluding diaryl/α,β-unsaturated/α-hetero) is 3. The first kappa shape index (κ1) is 42.7. The van der Waals surface area contributed by atoms with Crippen LogP contribution in [0, 0.1) is 28.6 Å². The molecule has 1 saturated heterocycles. The van der Waals surface area contributed by atoms with Crippen LogP contribution in [0.2, 0.25) is 0 Å². The van der Waals surface area contributed by atoms with E-state index < -0.39 is 16.4 Å². The molecule has 1 aliphatic heterocycles. The molecule has 1 spiro atoms. The van der Waals surface area contributed by atoms with Gasteiger partial charge in [0.25, 0.3) is 0 Å². The average molecular weight is 683 g/mol. The largest absolute Gasteiger partial charge is 0.490 e. The fourth-order valence-electron chi connectivity index (χ4n) is 8.06. The van der Waals surface area contributed by atoms with E-state index in [1.807, 2.05) is 73.6 Å². The van der Waals surface area contributed by atoms with E-state index in [1.54, 1.807) is 12.1 Å². The average Bonchev–Trinajstić information content (AvgIpc) is 3.07. The van der Waals surface area contributed by atoms with Crippen LogP contribution in [-0.4, -0.2) is 23.0 Å². The summed E-state index contributed by atoms with van der Waals surface area (Å²) in [5.41, 5.74) is 5.64. The molecule has 2 fully saturated rings. The Kier molecular flexibility index (Phi) is 15.0. The third kappa shape index (κ3) is 8.18. The Bertz CT molecular complexity index is 1590. The maximum absolute atomic E-state index is 15.3. The van der Waals surface area contributed by atoms with Gasteiger partial charge in [-0.05, 0) is 129 Å². The lowest BCUT2D eigenvalue weighted by molar-refractivity contribution is -0.178. The van der Waals surface area contributed by atoms with Crippen LogP contribution in [0.3, 0.4) is 0 Å². The Morgan fingerprint density at radius 3 is 2.04 bits per heavy atom. The molecule has 3 aliphatic rings. The Labute approximate surface area is 304 Å². The van der Waals surface area contributed by atoms with Crippen molar-refractivity contribution in [1.29, 1.82) is 0 Å². The van der Waals surface area contributed by atoms with Gasteiger partial charge in [0.15, 0.2) is 17.3 Å². The molecule has 2 unspecified atom stereocenters. The summed E-state index contributed by atoms with van der Waals surface area (Å²) in [5.74, 6) is -0.617. The first-order valence-corrected chi connectivity index (χ1v) is 19.0. The number of hydrogen-bond acceptors (Lipinski definition) is 4. The highest BCUT2D eigenvalue weighted by atomic mass is 16.5. The van der Waals surface area contributed by atoms with Gasteiger partial charge in [0.2, 0.25) is 0 Å². The molecular weight excluding hydrogens is 617 g/mol. The number of hydrogen-bond donors (Lipinski definition) is 0. The maximum Gasteiger partial charge on any atom is 0.200 e. The summed E-state index contributed by atoms with van der Waals surface area (Å²) in [6.45, 7) is 32.3. The summed E-state index contributed by atoms with van der Waals surface area (Å²) >= 11 is 0. The number of ketones is 3. The first-order valence-electron chi connectivity index (χ1n) is 19.0. The number of fused-ring (bicyclic) bond motifs is 1. The van der Waals surface area contributed by atoms with Crippen LogP contribution >= 0.6 is 0 Å². The van der Waals surface area contributed by atoms with Crippen LogP contribution in [0.15, 0.2) is 76.8 Å². The number of carbonyl (C=O) groups is 3. The van der Waals surface area contributed by atoms with Crippen molar-refractivity contribution < 1.29 is 19.1 Å². The van der Waals surface area contributed by atoms with Crippen LogP contribution in [0.5, 0.6) is 0 Å². The lowest BCUT2D eigenvalue weighted by atomic mass is 9.43. The minimum atomic E-state index is -1.34. The summed E-state index contributed by atoms with van der Waals surface area (Å²) in [7, 11) is 0. The molecule has 4 heteroatoms. The molecule has 1 saturated carbocycles. The molecule has 1 aromatic rings. The fourth-order valence-corrected chi connectivity index (χ4v) is 8.06. The van der Waals surface area contributed by atoms with E-state index in [-0.39, 0.29) is 47.1 Å². The molecule has 0 amide bonds. The molecule has 2 aliphatic carbocycles. The molecule has 2 bridgehead atoms. The Morgan fingerprint density at radius 1 is 0.920 bits per heavy atom. The summed E-state index contributed by atoms with van der Waals surface area (Å²) in [6, 6.07) is 5.57. The van der Waals surface area contributed by atoms with E-state index >= 15 is 9.59 Å². The number of benzene rings is 1. The number of ether oxygens (including phenoxy) is 1. The molecule has 274 valence electrons. The maximum atomic E-state index is 15.3. The van der Waals surface area contributed by atoms with Crippen molar-refractivity contribution >= 4 is 23.4 Å². The summed E-state index contributed by atoms with van der Waals surface area (Å²) in [4.78, 5) is 45.3. The highest BCUT2D eigenvalue weighted by molar-refractivity contribution is 6.35. The van der Waals surface area contributed by atoms with Crippen molar-refractivity contribution in [2.45, 2.75) is 141 Å². The van der Waals surface area contributed by atoms with Crippen molar-refractivity contribution in [2.75, 3.05) is 0 Å². The second-order valence-electron chi connectivity index (χ2n) is 15.2. The van der Waals surface area contributed by atoms with Crippen molar-refractivity contribution in [3.05, 3.63) is 93.5 Å². The lowest BCUT2D eigenvalue weighted by Crippen LogP contribution is -2.66. The van der Waals surface area contributed by atoms with E-state index in [0.717, 1.165) is 36.0 Å².